The normalized spacial score (nSPS) is 13.8. The molecule has 1 aliphatic carbocycles. The number of rotatable bonds is 3. The summed E-state index contributed by atoms with van der Waals surface area (Å²) >= 11 is 0. The lowest BCUT2D eigenvalue weighted by molar-refractivity contribution is 0.0695. The van der Waals surface area contributed by atoms with Gasteiger partial charge in [-0.1, -0.05) is 0 Å². The molecule has 1 saturated carbocycles. The molecule has 1 aromatic carbocycles. The van der Waals surface area contributed by atoms with E-state index in [1.807, 2.05) is 11.5 Å². The first-order valence-electron chi connectivity index (χ1n) is 8.52. The average Bonchev–Trinajstić information content (AvgIpc) is 3.45. The molecule has 7 N–H and O–H groups in total. The van der Waals surface area contributed by atoms with Crippen LogP contribution in [0.4, 0.5) is 17.2 Å². The second-order valence-electron chi connectivity index (χ2n) is 6.88. The summed E-state index contributed by atoms with van der Waals surface area (Å²) in [4.78, 5) is 28.4. The Morgan fingerprint density at radius 3 is 2.52 bits per heavy atom. The second kappa shape index (κ2) is 5.73. The zero-order chi connectivity index (χ0) is 19.5. The minimum absolute atomic E-state index is 0.161. The lowest BCUT2D eigenvalue weighted by Crippen LogP contribution is -2.20. The molecule has 0 amide bonds. The van der Waals surface area contributed by atoms with E-state index in [9.17, 15) is 14.7 Å². The van der Waals surface area contributed by atoms with Crippen molar-refractivity contribution in [2.75, 3.05) is 17.2 Å². The quantitative estimate of drug-likeness (QED) is 0.519. The van der Waals surface area contributed by atoms with Crippen LogP contribution in [0.15, 0.2) is 29.3 Å². The Morgan fingerprint density at radius 2 is 1.93 bits per heavy atom. The molecule has 1 fully saturated rings. The van der Waals surface area contributed by atoms with Crippen molar-refractivity contribution >= 4 is 34.1 Å². The lowest BCUT2D eigenvalue weighted by Gasteiger charge is -2.18. The molecule has 2 heterocycles. The maximum absolute atomic E-state index is 12.8. The Bertz CT molecular complexity index is 1180. The van der Waals surface area contributed by atoms with Gasteiger partial charge < -0.3 is 26.9 Å². The van der Waals surface area contributed by atoms with Crippen LogP contribution < -0.4 is 22.6 Å². The molecular formula is C19H19N5O3. The highest BCUT2D eigenvalue weighted by Gasteiger charge is 2.29. The highest BCUT2D eigenvalue weighted by Crippen LogP contribution is 2.41. The van der Waals surface area contributed by atoms with E-state index < -0.39 is 11.4 Å². The Labute approximate surface area is 154 Å². The number of carbonyl (C=O) groups is 1. The number of anilines is 3. The van der Waals surface area contributed by atoms with Gasteiger partial charge in [-0.2, -0.15) is 0 Å². The molecule has 27 heavy (non-hydrogen) atoms. The summed E-state index contributed by atoms with van der Waals surface area (Å²) in [6.45, 7) is 1.88. The molecule has 0 unspecified atom stereocenters. The number of nitrogens with two attached hydrogens (primary N) is 3. The molecule has 3 aromatic rings. The highest BCUT2D eigenvalue weighted by atomic mass is 16.4. The molecule has 1 aliphatic rings. The molecule has 0 saturated heterocycles. The summed E-state index contributed by atoms with van der Waals surface area (Å²) < 4.78 is 1.86. The Morgan fingerprint density at radius 1 is 1.22 bits per heavy atom. The van der Waals surface area contributed by atoms with Crippen molar-refractivity contribution in [2.45, 2.75) is 25.8 Å². The van der Waals surface area contributed by atoms with Gasteiger partial charge in [-0.15, -0.1) is 0 Å². The number of carboxylic acids is 1. The summed E-state index contributed by atoms with van der Waals surface area (Å²) in [5, 5.41) is 9.65. The third kappa shape index (κ3) is 2.57. The van der Waals surface area contributed by atoms with Crippen LogP contribution in [-0.2, 0) is 0 Å². The standard InChI is InChI=1S/C19H19N5O3/c1-8-11(9-4-14(21)18(22)23-6-9)5-13(20)15-16(8)24(10-2-3-10)7-12(17(15)25)19(26)27/h4-7,10H,2-3,20-21H2,1H3,(H2,22,23)(H,26,27). The number of pyridine rings is 2. The van der Waals surface area contributed by atoms with Gasteiger partial charge in [0, 0.05) is 29.7 Å². The predicted octanol–water partition coefficient (Wildman–Crippen LogP) is 2.15. The van der Waals surface area contributed by atoms with Gasteiger partial charge in [-0.05, 0) is 43.0 Å². The van der Waals surface area contributed by atoms with Gasteiger partial charge in [0.1, 0.15) is 11.4 Å². The van der Waals surface area contributed by atoms with Crippen LogP contribution in [-0.4, -0.2) is 20.6 Å². The van der Waals surface area contributed by atoms with Gasteiger partial charge in [0.25, 0.3) is 0 Å². The number of aromatic nitrogens is 2. The number of hydrogen-bond acceptors (Lipinski definition) is 6. The minimum Gasteiger partial charge on any atom is -0.477 e. The van der Waals surface area contributed by atoms with Gasteiger partial charge in [0.2, 0.25) is 5.43 Å². The largest absolute Gasteiger partial charge is 0.477 e. The zero-order valence-electron chi connectivity index (χ0n) is 14.7. The van der Waals surface area contributed by atoms with E-state index in [2.05, 4.69) is 4.98 Å². The topological polar surface area (TPSA) is 150 Å². The first-order valence-corrected chi connectivity index (χ1v) is 8.52. The number of nitrogen functional groups attached to an aromatic ring is 3. The number of benzene rings is 1. The Balaban J connectivity index is 2.11. The van der Waals surface area contributed by atoms with E-state index in [1.54, 1.807) is 18.3 Å². The van der Waals surface area contributed by atoms with Crippen molar-refractivity contribution in [1.29, 1.82) is 0 Å². The molecule has 8 heteroatoms. The molecule has 0 atom stereocenters. The maximum atomic E-state index is 12.8. The van der Waals surface area contributed by atoms with Gasteiger partial charge in [-0.25, -0.2) is 9.78 Å². The predicted molar refractivity (Wildman–Crippen MR) is 105 cm³/mol. The summed E-state index contributed by atoms with van der Waals surface area (Å²) in [6.07, 6.45) is 4.88. The molecule has 0 radical (unpaired) electrons. The number of aryl methyl sites for hydroxylation is 1. The third-order valence-electron chi connectivity index (χ3n) is 5.01. The summed E-state index contributed by atoms with van der Waals surface area (Å²) in [5.41, 5.74) is 20.5. The van der Waals surface area contributed by atoms with Gasteiger partial charge in [0.15, 0.2) is 0 Å². The van der Waals surface area contributed by atoms with Crippen molar-refractivity contribution in [3.8, 4) is 11.1 Å². The number of aromatic carboxylic acids is 1. The van der Waals surface area contributed by atoms with Crippen LogP contribution in [0.3, 0.4) is 0 Å². The van der Waals surface area contributed by atoms with Crippen molar-refractivity contribution in [3.05, 3.63) is 45.9 Å². The van der Waals surface area contributed by atoms with Crippen LogP contribution >= 0.6 is 0 Å². The first-order chi connectivity index (χ1) is 12.8. The molecular weight excluding hydrogens is 346 g/mol. The van der Waals surface area contributed by atoms with Gasteiger partial charge in [0.05, 0.1) is 16.6 Å². The average molecular weight is 365 g/mol. The maximum Gasteiger partial charge on any atom is 0.341 e. The fraction of sp³-hybridized carbons (Fsp3) is 0.211. The number of hydrogen-bond donors (Lipinski definition) is 4. The SMILES string of the molecule is Cc1c(-c2cnc(N)c(N)c2)cc(N)c2c(=O)c(C(=O)O)cn(C3CC3)c12. The molecule has 138 valence electrons. The van der Waals surface area contributed by atoms with E-state index >= 15 is 0 Å². The zero-order valence-corrected chi connectivity index (χ0v) is 14.7. The molecule has 2 aromatic heterocycles. The minimum atomic E-state index is -1.26. The molecule has 0 spiro atoms. The van der Waals surface area contributed by atoms with E-state index in [4.69, 9.17) is 17.2 Å². The molecule has 8 nitrogen and oxygen atoms in total. The van der Waals surface area contributed by atoms with Crippen LogP contribution in [0, 0.1) is 6.92 Å². The third-order valence-corrected chi connectivity index (χ3v) is 5.01. The fourth-order valence-corrected chi connectivity index (χ4v) is 3.48. The smallest absolute Gasteiger partial charge is 0.341 e. The van der Waals surface area contributed by atoms with E-state index in [-0.39, 0.29) is 28.5 Å². The Hall–Kier alpha value is -3.55. The van der Waals surface area contributed by atoms with Crippen LogP contribution in [0.1, 0.15) is 34.8 Å². The highest BCUT2D eigenvalue weighted by molar-refractivity contribution is 6.01. The van der Waals surface area contributed by atoms with Crippen molar-refractivity contribution in [3.63, 3.8) is 0 Å². The lowest BCUT2D eigenvalue weighted by atomic mass is 9.96. The fourth-order valence-electron chi connectivity index (χ4n) is 3.48. The summed E-state index contributed by atoms with van der Waals surface area (Å²) in [7, 11) is 0. The number of carboxylic acid groups (broad SMARTS) is 1. The number of nitrogens with zero attached hydrogens (tertiary/aromatic N) is 2. The summed E-state index contributed by atoms with van der Waals surface area (Å²) in [6, 6.07) is 3.53. The van der Waals surface area contributed by atoms with E-state index in [0.717, 1.165) is 29.5 Å². The van der Waals surface area contributed by atoms with Crippen molar-refractivity contribution < 1.29 is 9.90 Å². The van der Waals surface area contributed by atoms with E-state index in [0.29, 0.717) is 11.2 Å². The van der Waals surface area contributed by atoms with Crippen LogP contribution in [0.25, 0.3) is 22.0 Å². The second-order valence-corrected chi connectivity index (χ2v) is 6.88. The molecule has 4 rings (SSSR count). The van der Waals surface area contributed by atoms with Gasteiger partial charge in [-0.3, -0.25) is 4.79 Å². The Kier molecular flexibility index (Phi) is 3.59. The van der Waals surface area contributed by atoms with Crippen LogP contribution in [0.5, 0.6) is 0 Å². The van der Waals surface area contributed by atoms with Crippen molar-refractivity contribution in [1.82, 2.24) is 9.55 Å². The first kappa shape index (κ1) is 16.9. The van der Waals surface area contributed by atoms with Crippen molar-refractivity contribution in [2.24, 2.45) is 0 Å². The van der Waals surface area contributed by atoms with Crippen LogP contribution in [0.2, 0.25) is 0 Å². The number of fused-ring (bicyclic) bond motifs is 1. The van der Waals surface area contributed by atoms with E-state index in [1.165, 1.54) is 6.20 Å². The van der Waals surface area contributed by atoms with Gasteiger partial charge >= 0.3 is 5.97 Å². The summed E-state index contributed by atoms with van der Waals surface area (Å²) in [5.74, 6) is -1.01. The molecule has 0 bridgehead atoms. The molecule has 0 aliphatic heterocycles. The monoisotopic (exact) mass is 365 g/mol.